The molecule has 0 radical (unpaired) electrons. The van der Waals surface area contributed by atoms with Gasteiger partial charge in [-0.3, -0.25) is 4.79 Å². The summed E-state index contributed by atoms with van der Waals surface area (Å²) in [5.41, 5.74) is 3.23. The van der Waals surface area contributed by atoms with Crippen molar-refractivity contribution in [1.82, 2.24) is 19.0 Å². The molecule has 0 fully saturated rings. The molecular weight excluding hydrogens is 548 g/mol. The number of rotatable bonds is 7. The van der Waals surface area contributed by atoms with Crippen molar-refractivity contribution in [2.24, 2.45) is 0 Å². The standard InChI is InChI=1S/C26H21F2N5O4S2/c1-32(20-6-7-24-21(14-20)29-15-38-24)25(34)22(12-16-10-18(27)13-19(28)11-16)30-26(35)31-39(36,37)33-9-8-17-4-2-3-5-23(17)33/h2-11,13-15,22H,12H2,1H3,(H2,30,31,35)/t22-/m0/s1. The predicted molar refractivity (Wildman–Crippen MR) is 145 cm³/mol. The lowest BCUT2D eigenvalue weighted by Crippen LogP contribution is -2.53. The van der Waals surface area contributed by atoms with E-state index in [-0.39, 0.29) is 12.0 Å². The number of thiazole rings is 1. The third kappa shape index (κ3) is 5.59. The predicted octanol–water partition coefficient (Wildman–Crippen LogP) is 4.20. The summed E-state index contributed by atoms with van der Waals surface area (Å²) < 4.78 is 57.4. The SMILES string of the molecule is CN(C(=O)[C@H](Cc1cc(F)cc(F)c1)NC(=O)NS(=O)(=O)n1ccc2ccccc21)c1ccc2scnc2c1. The van der Waals surface area contributed by atoms with Gasteiger partial charge in [0.15, 0.2) is 0 Å². The molecule has 3 amide bonds. The summed E-state index contributed by atoms with van der Waals surface area (Å²) in [7, 11) is -2.92. The Balaban J connectivity index is 1.41. The first-order valence-electron chi connectivity index (χ1n) is 11.6. The average molecular weight is 570 g/mol. The fraction of sp³-hybridized carbons (Fsp3) is 0.115. The minimum Gasteiger partial charge on any atom is -0.325 e. The minimum atomic E-state index is -4.39. The molecule has 3 aromatic carbocycles. The van der Waals surface area contributed by atoms with Crippen molar-refractivity contribution in [2.75, 3.05) is 11.9 Å². The summed E-state index contributed by atoms with van der Waals surface area (Å²) in [5, 5.41) is 3.00. The Morgan fingerprint density at radius 3 is 2.56 bits per heavy atom. The van der Waals surface area contributed by atoms with Crippen LogP contribution in [-0.2, 0) is 21.4 Å². The number of likely N-dealkylation sites (N-methyl/N-ethyl adjacent to an activating group) is 1. The molecule has 5 aromatic rings. The van der Waals surface area contributed by atoms with Gasteiger partial charge >= 0.3 is 16.2 Å². The van der Waals surface area contributed by atoms with E-state index < -0.39 is 39.8 Å². The van der Waals surface area contributed by atoms with Gasteiger partial charge in [0.2, 0.25) is 5.91 Å². The second-order valence-electron chi connectivity index (χ2n) is 8.69. The van der Waals surface area contributed by atoms with Crippen LogP contribution >= 0.6 is 11.3 Å². The Morgan fingerprint density at radius 2 is 1.79 bits per heavy atom. The number of amides is 3. The number of halogens is 2. The zero-order chi connectivity index (χ0) is 27.7. The number of carbonyl (C=O) groups is 2. The molecule has 0 spiro atoms. The second-order valence-corrected chi connectivity index (χ2v) is 11.1. The van der Waals surface area contributed by atoms with Crippen LogP contribution in [0.1, 0.15) is 5.56 Å². The zero-order valence-electron chi connectivity index (χ0n) is 20.3. The molecule has 0 bridgehead atoms. The van der Waals surface area contributed by atoms with Gasteiger partial charge in [0.05, 0.1) is 21.2 Å². The van der Waals surface area contributed by atoms with Crippen LogP contribution in [0.2, 0.25) is 0 Å². The molecule has 200 valence electrons. The maximum Gasteiger partial charge on any atom is 0.331 e. The van der Waals surface area contributed by atoms with Gasteiger partial charge in [-0.15, -0.1) is 11.3 Å². The third-order valence-electron chi connectivity index (χ3n) is 6.04. The monoisotopic (exact) mass is 569 g/mol. The lowest BCUT2D eigenvalue weighted by Gasteiger charge is -2.25. The maximum absolute atomic E-state index is 13.9. The summed E-state index contributed by atoms with van der Waals surface area (Å²) in [6, 6.07) is 13.6. The van der Waals surface area contributed by atoms with E-state index in [4.69, 9.17) is 0 Å². The molecule has 5 rings (SSSR count). The number of nitrogens with zero attached hydrogens (tertiary/aromatic N) is 3. The molecule has 0 aliphatic heterocycles. The van der Waals surface area contributed by atoms with Crippen molar-refractivity contribution in [2.45, 2.75) is 12.5 Å². The van der Waals surface area contributed by atoms with Gasteiger partial charge in [0.1, 0.15) is 17.7 Å². The van der Waals surface area contributed by atoms with Crippen molar-refractivity contribution in [3.8, 4) is 0 Å². The van der Waals surface area contributed by atoms with Gasteiger partial charge in [-0.2, -0.15) is 8.42 Å². The zero-order valence-corrected chi connectivity index (χ0v) is 22.0. The first kappa shape index (κ1) is 26.3. The van der Waals surface area contributed by atoms with Crippen LogP contribution in [-0.4, -0.2) is 42.4 Å². The normalized spacial score (nSPS) is 12.4. The van der Waals surface area contributed by atoms with Crippen LogP contribution < -0.4 is 14.9 Å². The van der Waals surface area contributed by atoms with E-state index in [2.05, 4.69) is 10.3 Å². The van der Waals surface area contributed by atoms with Crippen molar-refractivity contribution in [3.05, 3.63) is 95.6 Å². The van der Waals surface area contributed by atoms with E-state index in [0.29, 0.717) is 28.2 Å². The number of benzene rings is 3. The molecule has 2 heterocycles. The van der Waals surface area contributed by atoms with Gasteiger partial charge in [-0.25, -0.2) is 27.3 Å². The number of hydrogen-bond donors (Lipinski definition) is 2. The van der Waals surface area contributed by atoms with Crippen molar-refractivity contribution < 1.29 is 26.8 Å². The fourth-order valence-electron chi connectivity index (χ4n) is 4.20. The van der Waals surface area contributed by atoms with Gasteiger partial charge in [0.25, 0.3) is 0 Å². The number of para-hydroxylation sites is 1. The molecule has 13 heteroatoms. The van der Waals surface area contributed by atoms with Gasteiger partial charge in [0, 0.05) is 36.8 Å². The summed E-state index contributed by atoms with van der Waals surface area (Å²) in [6.45, 7) is 0. The summed E-state index contributed by atoms with van der Waals surface area (Å²) in [5.74, 6) is -2.36. The van der Waals surface area contributed by atoms with Crippen LogP contribution in [0.25, 0.3) is 21.1 Å². The number of urea groups is 1. The highest BCUT2D eigenvalue weighted by Gasteiger charge is 2.28. The fourth-order valence-corrected chi connectivity index (χ4v) is 5.90. The molecule has 0 saturated heterocycles. The quantitative estimate of drug-likeness (QED) is 0.305. The highest BCUT2D eigenvalue weighted by atomic mass is 32.2. The molecule has 9 nitrogen and oxygen atoms in total. The number of carbonyl (C=O) groups excluding carboxylic acids is 2. The summed E-state index contributed by atoms with van der Waals surface area (Å²) in [4.78, 5) is 31.9. The van der Waals surface area contributed by atoms with Crippen LogP contribution in [0.4, 0.5) is 19.3 Å². The Morgan fingerprint density at radius 1 is 1.05 bits per heavy atom. The van der Waals surface area contributed by atoms with E-state index in [9.17, 15) is 26.8 Å². The number of fused-ring (bicyclic) bond motifs is 2. The number of aromatic nitrogens is 2. The average Bonchev–Trinajstić information content (AvgIpc) is 3.53. The lowest BCUT2D eigenvalue weighted by molar-refractivity contribution is -0.120. The summed E-state index contributed by atoms with van der Waals surface area (Å²) in [6.07, 6.45) is 0.984. The summed E-state index contributed by atoms with van der Waals surface area (Å²) >= 11 is 1.43. The van der Waals surface area contributed by atoms with E-state index in [1.165, 1.54) is 29.5 Å². The van der Waals surface area contributed by atoms with E-state index in [0.717, 1.165) is 20.8 Å². The molecule has 0 unspecified atom stereocenters. The van der Waals surface area contributed by atoms with E-state index in [1.54, 1.807) is 54.0 Å². The number of hydrogen-bond acceptors (Lipinski definition) is 6. The second kappa shape index (κ2) is 10.4. The number of anilines is 1. The Hall–Kier alpha value is -4.36. The number of nitrogens with one attached hydrogen (secondary N) is 2. The Labute approximate surface area is 225 Å². The molecule has 2 N–H and O–H groups in total. The maximum atomic E-state index is 13.9. The topological polar surface area (TPSA) is 113 Å². The largest absolute Gasteiger partial charge is 0.331 e. The van der Waals surface area contributed by atoms with Crippen molar-refractivity contribution >= 4 is 60.3 Å². The Bertz CT molecular complexity index is 1800. The van der Waals surface area contributed by atoms with Gasteiger partial charge in [-0.1, -0.05) is 18.2 Å². The Kier molecular flexibility index (Phi) is 7.02. The van der Waals surface area contributed by atoms with E-state index >= 15 is 0 Å². The van der Waals surface area contributed by atoms with E-state index in [1.807, 2.05) is 4.72 Å². The molecule has 0 aliphatic rings. The first-order valence-corrected chi connectivity index (χ1v) is 13.9. The van der Waals surface area contributed by atoms with Gasteiger partial charge in [-0.05, 0) is 48.0 Å². The third-order valence-corrected chi connectivity index (χ3v) is 8.13. The van der Waals surface area contributed by atoms with Crippen LogP contribution in [0.3, 0.4) is 0 Å². The van der Waals surface area contributed by atoms with Gasteiger partial charge < -0.3 is 10.2 Å². The van der Waals surface area contributed by atoms with Crippen LogP contribution in [0, 0.1) is 11.6 Å². The highest BCUT2D eigenvalue weighted by Crippen LogP contribution is 2.24. The van der Waals surface area contributed by atoms with Crippen LogP contribution in [0.15, 0.2) is 78.4 Å². The lowest BCUT2D eigenvalue weighted by atomic mass is 10.0. The molecule has 0 saturated carbocycles. The molecule has 39 heavy (non-hydrogen) atoms. The smallest absolute Gasteiger partial charge is 0.325 e. The molecular formula is C26H21F2N5O4S2. The minimum absolute atomic E-state index is 0.0914. The molecule has 0 aliphatic carbocycles. The first-order chi connectivity index (χ1) is 18.6. The van der Waals surface area contributed by atoms with Crippen LogP contribution in [0.5, 0.6) is 0 Å². The van der Waals surface area contributed by atoms with Crippen molar-refractivity contribution in [1.29, 1.82) is 0 Å². The molecule has 2 aromatic heterocycles. The molecule has 1 atom stereocenters. The van der Waals surface area contributed by atoms with Crippen molar-refractivity contribution in [3.63, 3.8) is 0 Å². The highest BCUT2D eigenvalue weighted by molar-refractivity contribution is 7.88.